The van der Waals surface area contributed by atoms with Crippen molar-refractivity contribution in [3.05, 3.63) is 0 Å². The molecule has 1 aliphatic heterocycles. The van der Waals surface area contributed by atoms with Crippen LogP contribution in [0.15, 0.2) is 0 Å². The van der Waals surface area contributed by atoms with Gasteiger partial charge in [-0.1, -0.05) is 0 Å². The number of cyclic esters (lactones) is 1. The Kier molecular flexibility index (Phi) is 5.15. The van der Waals surface area contributed by atoms with Crippen molar-refractivity contribution in [1.29, 1.82) is 0 Å². The third kappa shape index (κ3) is 2.87. The maximum absolute atomic E-state index is 12.5. The summed E-state index contributed by atoms with van der Waals surface area (Å²) in [6.45, 7) is 5.84. The van der Waals surface area contributed by atoms with E-state index in [9.17, 15) is 9.59 Å². The Labute approximate surface area is 132 Å². The molecule has 0 aromatic heterocycles. The van der Waals surface area contributed by atoms with Crippen LogP contribution in [0.2, 0.25) is 0 Å². The zero-order valence-electron chi connectivity index (χ0n) is 14.1. The number of carbonyl (C=O) groups excluding carboxylic acids is 2. The highest BCUT2D eigenvalue weighted by Gasteiger charge is 2.60. The fourth-order valence-corrected chi connectivity index (χ4v) is 4.08. The van der Waals surface area contributed by atoms with Gasteiger partial charge in [-0.15, -0.1) is 0 Å². The minimum Gasteiger partial charge on any atom is -0.465 e. The number of hydrogen-bond donors (Lipinski definition) is 0. The van der Waals surface area contributed by atoms with Crippen molar-refractivity contribution in [1.82, 2.24) is 0 Å². The van der Waals surface area contributed by atoms with Gasteiger partial charge in [0, 0.05) is 19.4 Å². The second kappa shape index (κ2) is 6.57. The summed E-state index contributed by atoms with van der Waals surface area (Å²) in [5, 5.41) is 0. The summed E-state index contributed by atoms with van der Waals surface area (Å²) >= 11 is 0. The Morgan fingerprint density at radius 2 is 1.95 bits per heavy atom. The van der Waals surface area contributed by atoms with Crippen molar-refractivity contribution in [2.24, 2.45) is 11.3 Å². The van der Waals surface area contributed by atoms with Crippen molar-refractivity contribution in [2.45, 2.75) is 71.0 Å². The molecule has 5 nitrogen and oxygen atoms in total. The number of rotatable bonds is 5. The molecule has 0 aromatic rings. The van der Waals surface area contributed by atoms with Crippen molar-refractivity contribution >= 4 is 11.9 Å². The summed E-state index contributed by atoms with van der Waals surface area (Å²) in [6.07, 6.45) is 4.96. The molecule has 1 atom stereocenters. The van der Waals surface area contributed by atoms with Gasteiger partial charge in [0.2, 0.25) is 0 Å². The summed E-state index contributed by atoms with van der Waals surface area (Å²) in [6, 6.07) is 0. The van der Waals surface area contributed by atoms with Crippen LogP contribution in [0.3, 0.4) is 0 Å². The molecular weight excluding hydrogens is 284 g/mol. The first-order valence-corrected chi connectivity index (χ1v) is 8.29. The number of esters is 2. The average molecular weight is 312 g/mol. The molecule has 0 unspecified atom stereocenters. The van der Waals surface area contributed by atoms with E-state index in [0.29, 0.717) is 19.4 Å². The maximum atomic E-state index is 12.5. The topological polar surface area (TPSA) is 61.8 Å². The minimum absolute atomic E-state index is 0.185. The molecule has 0 bridgehead atoms. The van der Waals surface area contributed by atoms with Gasteiger partial charge in [-0.2, -0.15) is 0 Å². The number of ether oxygens (including phenoxy) is 3. The van der Waals surface area contributed by atoms with E-state index < -0.39 is 11.0 Å². The lowest BCUT2D eigenvalue weighted by Gasteiger charge is -2.47. The Bertz CT molecular complexity index is 423. The molecule has 126 valence electrons. The zero-order chi connectivity index (χ0) is 16.4. The van der Waals surface area contributed by atoms with Gasteiger partial charge in [0.25, 0.3) is 0 Å². The molecule has 2 aliphatic rings. The number of carbonyl (C=O) groups is 2. The molecule has 0 spiro atoms. The van der Waals surface area contributed by atoms with Gasteiger partial charge in [-0.05, 0) is 52.9 Å². The van der Waals surface area contributed by atoms with E-state index in [1.54, 1.807) is 14.0 Å². The predicted molar refractivity (Wildman–Crippen MR) is 81.2 cm³/mol. The van der Waals surface area contributed by atoms with Crippen LogP contribution < -0.4 is 0 Å². The van der Waals surface area contributed by atoms with Gasteiger partial charge in [0.05, 0.1) is 12.7 Å². The second-order valence-corrected chi connectivity index (χ2v) is 6.92. The van der Waals surface area contributed by atoms with Crippen LogP contribution in [0.4, 0.5) is 0 Å². The molecule has 1 saturated carbocycles. The van der Waals surface area contributed by atoms with Crippen LogP contribution in [0.1, 0.15) is 59.3 Å². The molecule has 1 saturated heterocycles. The Morgan fingerprint density at radius 3 is 2.41 bits per heavy atom. The van der Waals surface area contributed by atoms with Crippen molar-refractivity contribution < 1.29 is 23.8 Å². The summed E-state index contributed by atoms with van der Waals surface area (Å²) in [4.78, 5) is 24.3. The summed E-state index contributed by atoms with van der Waals surface area (Å²) < 4.78 is 16.5. The van der Waals surface area contributed by atoms with E-state index in [0.717, 1.165) is 25.7 Å². The summed E-state index contributed by atoms with van der Waals surface area (Å²) in [5.41, 5.74) is -1.57. The summed E-state index contributed by atoms with van der Waals surface area (Å²) in [5.74, 6) is -0.297. The molecule has 0 amide bonds. The highest BCUT2D eigenvalue weighted by Crippen LogP contribution is 2.52. The van der Waals surface area contributed by atoms with Crippen molar-refractivity contribution in [3.63, 3.8) is 0 Å². The van der Waals surface area contributed by atoms with Gasteiger partial charge >= 0.3 is 11.9 Å². The number of methoxy groups -OCH3 is 1. The van der Waals surface area contributed by atoms with Crippen molar-refractivity contribution in [3.8, 4) is 0 Å². The fourth-order valence-electron chi connectivity index (χ4n) is 4.08. The SMILES string of the molecule is CCOC(=O)C(C)(C)[C@]1(C2CCC(OC)CC2)CCC(=O)O1. The standard InChI is InChI=1S/C17H28O5/c1-5-21-15(19)16(2,3)17(11-10-14(18)22-17)12-6-8-13(20-4)9-7-12/h12-13H,5-11H2,1-4H3/t12?,13?,17-/m1/s1. The molecule has 1 heterocycles. The van der Waals surface area contributed by atoms with Crippen LogP contribution >= 0.6 is 0 Å². The lowest BCUT2D eigenvalue weighted by molar-refractivity contribution is -0.191. The van der Waals surface area contributed by atoms with Gasteiger partial charge < -0.3 is 14.2 Å². The Balaban J connectivity index is 2.25. The van der Waals surface area contributed by atoms with E-state index in [-0.39, 0.29) is 24.0 Å². The molecule has 22 heavy (non-hydrogen) atoms. The van der Waals surface area contributed by atoms with E-state index in [1.807, 2.05) is 13.8 Å². The zero-order valence-corrected chi connectivity index (χ0v) is 14.1. The maximum Gasteiger partial charge on any atom is 0.315 e. The fraction of sp³-hybridized carbons (Fsp3) is 0.882. The second-order valence-electron chi connectivity index (χ2n) is 6.92. The number of hydrogen-bond acceptors (Lipinski definition) is 5. The summed E-state index contributed by atoms with van der Waals surface area (Å²) in [7, 11) is 1.74. The van der Waals surface area contributed by atoms with Gasteiger partial charge in [0.15, 0.2) is 0 Å². The van der Waals surface area contributed by atoms with Crippen LogP contribution in [-0.2, 0) is 23.8 Å². The Hall–Kier alpha value is -1.10. The molecule has 5 heteroatoms. The smallest absolute Gasteiger partial charge is 0.315 e. The minimum atomic E-state index is -0.834. The van der Waals surface area contributed by atoms with Gasteiger partial charge in [0.1, 0.15) is 11.0 Å². The molecule has 0 radical (unpaired) electrons. The van der Waals surface area contributed by atoms with E-state index >= 15 is 0 Å². The van der Waals surface area contributed by atoms with Crippen LogP contribution in [0, 0.1) is 11.3 Å². The van der Waals surface area contributed by atoms with Gasteiger partial charge in [-0.25, -0.2) is 0 Å². The van der Waals surface area contributed by atoms with Crippen LogP contribution in [-0.4, -0.2) is 37.4 Å². The van der Waals surface area contributed by atoms with Crippen molar-refractivity contribution in [2.75, 3.05) is 13.7 Å². The molecule has 0 N–H and O–H groups in total. The molecule has 2 fully saturated rings. The van der Waals surface area contributed by atoms with Crippen LogP contribution in [0.25, 0.3) is 0 Å². The van der Waals surface area contributed by atoms with E-state index in [1.165, 1.54) is 0 Å². The first kappa shape index (κ1) is 17.3. The molecule has 2 rings (SSSR count). The highest BCUT2D eigenvalue weighted by molar-refractivity contribution is 5.80. The molecular formula is C17H28O5. The lowest BCUT2D eigenvalue weighted by Crippen LogP contribution is -2.56. The first-order chi connectivity index (χ1) is 10.4. The Morgan fingerprint density at radius 1 is 1.32 bits per heavy atom. The third-order valence-electron chi connectivity index (χ3n) is 5.51. The third-order valence-corrected chi connectivity index (χ3v) is 5.51. The highest BCUT2D eigenvalue weighted by atomic mass is 16.6. The lowest BCUT2D eigenvalue weighted by atomic mass is 9.62. The first-order valence-electron chi connectivity index (χ1n) is 8.29. The van der Waals surface area contributed by atoms with Crippen LogP contribution in [0.5, 0.6) is 0 Å². The van der Waals surface area contributed by atoms with E-state index in [4.69, 9.17) is 14.2 Å². The molecule has 0 aromatic carbocycles. The monoisotopic (exact) mass is 312 g/mol. The molecule has 1 aliphatic carbocycles. The van der Waals surface area contributed by atoms with E-state index in [2.05, 4.69) is 0 Å². The predicted octanol–water partition coefficient (Wildman–Crippen LogP) is 2.86. The largest absolute Gasteiger partial charge is 0.465 e. The van der Waals surface area contributed by atoms with Gasteiger partial charge in [-0.3, -0.25) is 9.59 Å². The average Bonchev–Trinajstić information content (AvgIpc) is 2.91. The normalized spacial score (nSPS) is 32.6. The quantitative estimate of drug-likeness (QED) is 0.731.